The molecule has 162 valence electrons. The Kier molecular flexibility index (Phi) is 4.59. The maximum atomic E-state index is 12.4. The molecule has 1 saturated heterocycles. The van der Waals surface area contributed by atoms with E-state index in [9.17, 15) is 4.79 Å². The number of carbonyl (C=O) groups excluding carboxylic acids is 1. The number of nitrogens with zero attached hydrogens (tertiary/aromatic N) is 4. The van der Waals surface area contributed by atoms with Crippen molar-refractivity contribution in [2.24, 2.45) is 11.8 Å². The molecule has 32 heavy (non-hydrogen) atoms. The standard InChI is InChI=1S/C26H27N5O/c1-17-28-29-25(31(17)16-18-11-13-30(15-18)26(32)22-7-8-22)21-5-2-19(3-6-21)23-9-4-20-10-12-27-24(20)14-23/h2-6,9-10,12,14,18,22,27H,7-8,11,13,15-16H2,1H3/t18-/m0/s1. The molecule has 0 bridgehead atoms. The molecule has 4 aromatic rings. The van der Waals surface area contributed by atoms with E-state index in [-0.39, 0.29) is 0 Å². The third-order valence-electron chi connectivity index (χ3n) is 6.93. The summed E-state index contributed by atoms with van der Waals surface area (Å²) < 4.78 is 2.22. The van der Waals surface area contributed by atoms with E-state index in [1.165, 1.54) is 16.5 Å². The van der Waals surface area contributed by atoms with Gasteiger partial charge in [-0.15, -0.1) is 10.2 Å². The maximum Gasteiger partial charge on any atom is 0.225 e. The molecule has 6 rings (SSSR count). The monoisotopic (exact) mass is 425 g/mol. The highest BCUT2D eigenvalue weighted by Gasteiger charge is 2.36. The first-order valence-electron chi connectivity index (χ1n) is 11.5. The van der Waals surface area contributed by atoms with Gasteiger partial charge in [-0.3, -0.25) is 4.79 Å². The molecule has 1 aliphatic carbocycles. The van der Waals surface area contributed by atoms with Crippen molar-refractivity contribution in [1.29, 1.82) is 0 Å². The summed E-state index contributed by atoms with van der Waals surface area (Å²) in [5.41, 5.74) is 4.58. The van der Waals surface area contributed by atoms with Crippen LogP contribution in [0.3, 0.4) is 0 Å². The zero-order valence-corrected chi connectivity index (χ0v) is 18.3. The summed E-state index contributed by atoms with van der Waals surface area (Å²) in [7, 11) is 0. The fourth-order valence-electron chi connectivity index (χ4n) is 4.88. The van der Waals surface area contributed by atoms with Crippen LogP contribution in [0.4, 0.5) is 0 Å². The summed E-state index contributed by atoms with van der Waals surface area (Å²) in [6.45, 7) is 4.61. The van der Waals surface area contributed by atoms with Crippen LogP contribution in [-0.4, -0.2) is 43.6 Å². The van der Waals surface area contributed by atoms with Crippen LogP contribution < -0.4 is 0 Å². The first kappa shape index (κ1) is 19.3. The molecule has 0 radical (unpaired) electrons. The summed E-state index contributed by atoms with van der Waals surface area (Å²) in [6.07, 6.45) is 5.17. The Labute approximate surface area is 187 Å². The van der Waals surface area contributed by atoms with Crippen LogP contribution in [0.15, 0.2) is 54.7 Å². The number of carbonyl (C=O) groups is 1. The summed E-state index contributed by atoms with van der Waals surface area (Å²) in [5.74, 6) is 2.95. The third kappa shape index (κ3) is 3.49. The van der Waals surface area contributed by atoms with Crippen LogP contribution in [0, 0.1) is 18.8 Å². The summed E-state index contributed by atoms with van der Waals surface area (Å²) in [4.78, 5) is 17.8. The lowest BCUT2D eigenvalue weighted by Gasteiger charge is -2.17. The highest BCUT2D eigenvalue weighted by Crippen LogP contribution is 2.33. The quantitative estimate of drug-likeness (QED) is 0.506. The normalized spacial score (nSPS) is 18.5. The van der Waals surface area contributed by atoms with Crippen LogP contribution in [0.25, 0.3) is 33.4 Å². The van der Waals surface area contributed by atoms with Crippen LogP contribution >= 0.6 is 0 Å². The number of benzene rings is 2. The van der Waals surface area contributed by atoms with Crippen molar-refractivity contribution in [3.05, 3.63) is 60.6 Å². The van der Waals surface area contributed by atoms with Gasteiger partial charge in [0, 0.05) is 42.8 Å². The van der Waals surface area contributed by atoms with Crippen LogP contribution in [0.1, 0.15) is 25.1 Å². The minimum atomic E-state index is 0.303. The second kappa shape index (κ2) is 7.62. The van der Waals surface area contributed by atoms with Crippen molar-refractivity contribution in [2.45, 2.75) is 32.7 Å². The van der Waals surface area contributed by atoms with Crippen molar-refractivity contribution in [1.82, 2.24) is 24.6 Å². The molecular weight excluding hydrogens is 398 g/mol. The number of aryl methyl sites for hydroxylation is 1. The van der Waals surface area contributed by atoms with Gasteiger partial charge in [0.2, 0.25) is 5.91 Å². The van der Waals surface area contributed by atoms with E-state index in [1.807, 2.05) is 13.1 Å². The predicted octanol–water partition coefficient (Wildman–Crippen LogP) is 4.66. The second-order valence-corrected chi connectivity index (χ2v) is 9.25. The molecule has 6 nitrogen and oxygen atoms in total. The number of nitrogens with one attached hydrogen (secondary N) is 1. The minimum absolute atomic E-state index is 0.303. The van der Waals surface area contributed by atoms with Crippen molar-refractivity contribution in [3.8, 4) is 22.5 Å². The minimum Gasteiger partial charge on any atom is -0.361 e. The Bertz CT molecular complexity index is 1280. The SMILES string of the molecule is Cc1nnc(-c2ccc(-c3ccc4cc[nH]c4c3)cc2)n1C[C@H]1CCN(C(=O)C2CC2)C1. The average molecular weight is 426 g/mol. The van der Waals surface area contributed by atoms with E-state index in [4.69, 9.17) is 0 Å². The fraction of sp³-hybridized carbons (Fsp3) is 0.346. The number of aromatic amines is 1. The Morgan fingerprint density at radius 1 is 1.00 bits per heavy atom. The Morgan fingerprint density at radius 3 is 2.59 bits per heavy atom. The fourth-order valence-corrected chi connectivity index (χ4v) is 4.88. The molecule has 1 atom stereocenters. The molecular formula is C26H27N5O. The van der Waals surface area contributed by atoms with E-state index in [0.717, 1.165) is 61.6 Å². The lowest BCUT2D eigenvalue weighted by Crippen LogP contribution is -2.30. The van der Waals surface area contributed by atoms with Gasteiger partial charge in [0.25, 0.3) is 0 Å². The number of hydrogen-bond acceptors (Lipinski definition) is 3. The molecule has 3 heterocycles. The molecule has 2 aromatic carbocycles. The highest BCUT2D eigenvalue weighted by molar-refractivity contribution is 5.85. The largest absolute Gasteiger partial charge is 0.361 e. The molecule has 2 aromatic heterocycles. The molecule has 6 heteroatoms. The lowest BCUT2D eigenvalue weighted by molar-refractivity contribution is -0.131. The number of amides is 1. The Balaban J connectivity index is 1.21. The number of H-pyrrole nitrogens is 1. The smallest absolute Gasteiger partial charge is 0.225 e. The van der Waals surface area contributed by atoms with Gasteiger partial charge in [0.1, 0.15) is 5.82 Å². The van der Waals surface area contributed by atoms with E-state index in [2.05, 4.69) is 73.2 Å². The summed E-state index contributed by atoms with van der Waals surface area (Å²) >= 11 is 0. The van der Waals surface area contributed by atoms with Crippen molar-refractivity contribution in [3.63, 3.8) is 0 Å². The average Bonchev–Trinajstić information content (AvgIpc) is 3.21. The van der Waals surface area contributed by atoms with E-state index >= 15 is 0 Å². The molecule has 1 saturated carbocycles. The maximum absolute atomic E-state index is 12.4. The number of rotatable bonds is 5. The number of fused-ring (bicyclic) bond motifs is 1. The van der Waals surface area contributed by atoms with Crippen LogP contribution in [0.2, 0.25) is 0 Å². The van der Waals surface area contributed by atoms with Gasteiger partial charge in [0.15, 0.2) is 5.82 Å². The molecule has 1 N–H and O–H groups in total. The topological polar surface area (TPSA) is 66.8 Å². The Morgan fingerprint density at radius 2 is 1.78 bits per heavy atom. The molecule has 1 amide bonds. The third-order valence-corrected chi connectivity index (χ3v) is 6.93. The van der Waals surface area contributed by atoms with Gasteiger partial charge in [-0.2, -0.15) is 0 Å². The van der Waals surface area contributed by atoms with Gasteiger partial charge in [-0.1, -0.05) is 36.4 Å². The van der Waals surface area contributed by atoms with Crippen molar-refractivity contribution < 1.29 is 4.79 Å². The lowest BCUT2D eigenvalue weighted by atomic mass is 10.0. The molecule has 0 spiro atoms. The zero-order valence-electron chi connectivity index (χ0n) is 18.3. The van der Waals surface area contributed by atoms with Gasteiger partial charge < -0.3 is 14.5 Å². The van der Waals surface area contributed by atoms with E-state index < -0.39 is 0 Å². The van der Waals surface area contributed by atoms with Crippen LogP contribution in [-0.2, 0) is 11.3 Å². The molecule has 1 aliphatic heterocycles. The number of aromatic nitrogens is 4. The van der Waals surface area contributed by atoms with Gasteiger partial charge in [-0.05, 0) is 60.7 Å². The molecule has 0 unspecified atom stereocenters. The van der Waals surface area contributed by atoms with Crippen LogP contribution in [0.5, 0.6) is 0 Å². The van der Waals surface area contributed by atoms with Gasteiger partial charge >= 0.3 is 0 Å². The molecule has 2 fully saturated rings. The zero-order chi connectivity index (χ0) is 21.7. The van der Waals surface area contributed by atoms with Crippen molar-refractivity contribution >= 4 is 16.8 Å². The van der Waals surface area contributed by atoms with Gasteiger partial charge in [-0.25, -0.2) is 0 Å². The number of likely N-dealkylation sites (tertiary alicyclic amines) is 1. The Hall–Kier alpha value is -3.41. The van der Waals surface area contributed by atoms with Crippen molar-refractivity contribution in [2.75, 3.05) is 13.1 Å². The van der Waals surface area contributed by atoms with E-state index in [1.54, 1.807) is 0 Å². The first-order valence-corrected chi connectivity index (χ1v) is 11.5. The molecule has 2 aliphatic rings. The number of hydrogen-bond donors (Lipinski definition) is 1. The second-order valence-electron chi connectivity index (χ2n) is 9.25. The highest BCUT2D eigenvalue weighted by atomic mass is 16.2. The predicted molar refractivity (Wildman–Crippen MR) is 125 cm³/mol. The van der Waals surface area contributed by atoms with E-state index in [0.29, 0.717) is 17.7 Å². The van der Waals surface area contributed by atoms with Gasteiger partial charge in [0.05, 0.1) is 0 Å². The summed E-state index contributed by atoms with van der Waals surface area (Å²) in [5, 5.41) is 10.1. The first-order chi connectivity index (χ1) is 15.7. The summed E-state index contributed by atoms with van der Waals surface area (Å²) in [6, 6.07) is 17.1.